The number of rotatable bonds is 12. The smallest absolute Gasteiger partial charge is 0.387 e. The van der Waals surface area contributed by atoms with Crippen molar-refractivity contribution in [3.8, 4) is 0 Å². The van der Waals surface area contributed by atoms with E-state index in [-0.39, 0.29) is 18.9 Å². The number of aliphatic hydroxyl groups is 2. The zero-order valence-corrected chi connectivity index (χ0v) is 21.6. The summed E-state index contributed by atoms with van der Waals surface area (Å²) in [6.45, 7) is -1.25. The topological polar surface area (TPSA) is 274 Å². The van der Waals surface area contributed by atoms with Crippen molar-refractivity contribution in [3.05, 3.63) is 68.5 Å². The van der Waals surface area contributed by atoms with Crippen molar-refractivity contribution in [2.24, 2.45) is 0 Å². The Bertz CT molecular complexity index is 1370. The van der Waals surface area contributed by atoms with E-state index in [4.69, 9.17) is 19.3 Å². The van der Waals surface area contributed by atoms with Gasteiger partial charge in [-0.2, -0.15) is 8.62 Å². The predicted molar refractivity (Wildman–Crippen MR) is 122 cm³/mol. The average Bonchev–Trinajstić information content (AvgIpc) is 3.06. The number of hydrogen-bond acceptors (Lipinski definition) is 12. The van der Waals surface area contributed by atoms with Crippen LogP contribution in [-0.2, 0) is 49.7 Å². The van der Waals surface area contributed by atoms with Gasteiger partial charge in [-0.25, -0.2) is 18.5 Å². The zero-order valence-electron chi connectivity index (χ0n) is 18.9. The number of phosphoric ester groups is 1. The lowest BCUT2D eigenvalue weighted by Crippen LogP contribution is -2.36. The summed E-state index contributed by atoms with van der Waals surface area (Å²) in [7, 11) is -16.9. The van der Waals surface area contributed by atoms with E-state index in [1.165, 1.54) is 0 Å². The Morgan fingerprint density at radius 2 is 1.61 bits per heavy atom. The fourth-order valence-corrected chi connectivity index (χ4v) is 6.31. The maximum Gasteiger partial charge on any atom is 0.490 e. The van der Waals surface area contributed by atoms with Crippen LogP contribution >= 0.6 is 23.5 Å². The van der Waals surface area contributed by atoms with Gasteiger partial charge in [-0.1, -0.05) is 30.3 Å². The molecule has 1 saturated heterocycles. The first-order valence-corrected chi connectivity index (χ1v) is 14.8. The van der Waals surface area contributed by atoms with Crippen LogP contribution in [0.15, 0.2) is 46.1 Å². The molecular weight excluding hydrogens is 581 g/mol. The summed E-state index contributed by atoms with van der Waals surface area (Å²) in [5, 5.41) is 20.6. The van der Waals surface area contributed by atoms with E-state index < -0.39 is 65.7 Å². The minimum Gasteiger partial charge on any atom is -0.387 e. The van der Waals surface area contributed by atoms with Crippen LogP contribution in [0.4, 0.5) is 0 Å². The summed E-state index contributed by atoms with van der Waals surface area (Å²) in [5.74, 6) is 0. The van der Waals surface area contributed by atoms with Crippen molar-refractivity contribution < 1.29 is 66.1 Å². The molecule has 1 aliphatic rings. The Labute approximate surface area is 212 Å². The average molecular weight is 604 g/mol. The molecule has 0 aliphatic carbocycles. The summed E-state index contributed by atoms with van der Waals surface area (Å²) < 4.78 is 57.3. The van der Waals surface area contributed by atoms with Crippen LogP contribution in [0.3, 0.4) is 0 Å². The maximum atomic E-state index is 12.4. The third-order valence-corrected chi connectivity index (χ3v) is 8.67. The lowest BCUT2D eigenvalue weighted by atomic mass is 10.0. The standard InChI is InChI=1S/C17H23N2O16P3/c20-13-12(8-32-37(27,28)35-38(29,30)34-36(24,25)26)33-15(14(13)21)11-6-19(17(23)18-16(11)22)9-31-7-10-4-2-1-3-5-10/h1-6,12-15,20-21H,7-9H2,(H,27,28)(H,29,30)(H,18,22,23)(H2,24,25,26)/t12-,13-,14-,15+/m1/s1. The second kappa shape index (κ2) is 12.1. The Kier molecular flexibility index (Phi) is 9.79. The number of hydrogen-bond donors (Lipinski definition) is 7. The lowest BCUT2D eigenvalue weighted by molar-refractivity contribution is -0.0231. The summed E-state index contributed by atoms with van der Waals surface area (Å²) >= 11 is 0. The first-order chi connectivity index (χ1) is 17.6. The quantitative estimate of drug-likeness (QED) is 0.146. The van der Waals surface area contributed by atoms with Crippen molar-refractivity contribution in [2.75, 3.05) is 6.61 Å². The molecule has 0 spiro atoms. The first-order valence-electron chi connectivity index (χ1n) is 10.3. The van der Waals surface area contributed by atoms with Gasteiger partial charge in [0.1, 0.15) is 31.1 Å². The molecule has 1 aromatic carbocycles. The van der Waals surface area contributed by atoms with Crippen molar-refractivity contribution >= 4 is 23.5 Å². The Hall–Kier alpha value is -1.85. The van der Waals surface area contributed by atoms with E-state index in [0.717, 1.165) is 16.3 Å². The molecule has 6 atom stereocenters. The molecule has 3 rings (SSSR count). The highest BCUT2D eigenvalue weighted by Crippen LogP contribution is 2.66. The van der Waals surface area contributed by atoms with Gasteiger partial charge in [0.05, 0.1) is 18.8 Å². The fourth-order valence-electron chi connectivity index (χ4n) is 3.28. The van der Waals surface area contributed by atoms with E-state index in [9.17, 15) is 43.3 Å². The second-order valence-corrected chi connectivity index (χ2v) is 12.2. The van der Waals surface area contributed by atoms with Gasteiger partial charge in [0.15, 0.2) is 0 Å². The molecule has 2 heterocycles. The van der Waals surface area contributed by atoms with E-state index in [1.807, 2.05) is 4.98 Å². The monoisotopic (exact) mass is 604 g/mol. The van der Waals surface area contributed by atoms with Crippen LogP contribution < -0.4 is 11.2 Å². The molecule has 1 fully saturated rings. The van der Waals surface area contributed by atoms with Crippen molar-refractivity contribution in [3.63, 3.8) is 0 Å². The summed E-state index contributed by atoms with van der Waals surface area (Å²) in [5.41, 5.74) is -1.33. The van der Waals surface area contributed by atoms with Crippen LogP contribution in [0.25, 0.3) is 0 Å². The van der Waals surface area contributed by atoms with Crippen LogP contribution in [-0.4, -0.2) is 64.3 Å². The number of aliphatic hydroxyl groups excluding tert-OH is 2. The van der Waals surface area contributed by atoms with E-state index in [1.54, 1.807) is 30.3 Å². The van der Waals surface area contributed by atoms with E-state index in [0.29, 0.717) is 0 Å². The maximum absolute atomic E-state index is 12.4. The molecule has 0 saturated carbocycles. The Morgan fingerprint density at radius 1 is 0.947 bits per heavy atom. The molecule has 1 aliphatic heterocycles. The van der Waals surface area contributed by atoms with E-state index >= 15 is 0 Å². The first kappa shape index (κ1) is 30.7. The highest BCUT2D eigenvalue weighted by molar-refractivity contribution is 7.66. The van der Waals surface area contributed by atoms with Gasteiger partial charge >= 0.3 is 29.2 Å². The van der Waals surface area contributed by atoms with Crippen molar-refractivity contribution in [2.45, 2.75) is 37.8 Å². The van der Waals surface area contributed by atoms with Crippen LogP contribution in [0.5, 0.6) is 0 Å². The molecule has 7 N–H and O–H groups in total. The minimum absolute atomic E-state index is 0.131. The minimum atomic E-state index is -5.77. The number of nitrogens with zero attached hydrogens (tertiary/aromatic N) is 1. The molecule has 18 nitrogen and oxygen atoms in total. The fraction of sp³-hybridized carbons (Fsp3) is 0.412. The molecule has 212 valence electrons. The van der Waals surface area contributed by atoms with Crippen molar-refractivity contribution in [1.29, 1.82) is 0 Å². The van der Waals surface area contributed by atoms with Gasteiger partial charge in [0, 0.05) is 6.20 Å². The number of H-pyrrole nitrogens is 1. The van der Waals surface area contributed by atoms with Gasteiger partial charge in [-0.15, -0.1) is 0 Å². The Balaban J connectivity index is 1.67. The largest absolute Gasteiger partial charge is 0.490 e. The summed E-state index contributed by atoms with van der Waals surface area (Å²) in [6.07, 6.45) is -5.79. The molecule has 2 aromatic rings. The highest BCUT2D eigenvalue weighted by Gasteiger charge is 2.47. The van der Waals surface area contributed by atoms with Gasteiger partial charge in [0.25, 0.3) is 5.56 Å². The predicted octanol–water partition coefficient (Wildman–Crippen LogP) is -0.784. The number of phosphoric acid groups is 3. The number of nitrogens with one attached hydrogen (secondary N) is 1. The molecule has 0 bridgehead atoms. The van der Waals surface area contributed by atoms with Crippen molar-refractivity contribution in [1.82, 2.24) is 9.55 Å². The number of ether oxygens (including phenoxy) is 2. The van der Waals surface area contributed by atoms with Crippen LogP contribution in [0.2, 0.25) is 0 Å². The molecule has 0 radical (unpaired) electrons. The Morgan fingerprint density at radius 3 is 2.24 bits per heavy atom. The van der Waals surface area contributed by atoms with Crippen LogP contribution in [0.1, 0.15) is 17.2 Å². The molecule has 38 heavy (non-hydrogen) atoms. The van der Waals surface area contributed by atoms with Gasteiger partial charge < -0.3 is 39.3 Å². The lowest BCUT2D eigenvalue weighted by Gasteiger charge is -2.19. The molecule has 21 heteroatoms. The van der Waals surface area contributed by atoms with E-state index in [2.05, 4.69) is 13.1 Å². The molecule has 1 aromatic heterocycles. The van der Waals surface area contributed by atoms with Gasteiger partial charge in [-0.05, 0) is 5.56 Å². The third-order valence-electron chi connectivity index (χ3n) is 4.87. The number of aromatic nitrogens is 2. The second-order valence-electron chi connectivity index (χ2n) is 7.74. The van der Waals surface area contributed by atoms with Gasteiger partial charge in [0.2, 0.25) is 0 Å². The summed E-state index contributed by atoms with van der Waals surface area (Å²) in [4.78, 5) is 62.3. The van der Waals surface area contributed by atoms with Gasteiger partial charge in [-0.3, -0.25) is 18.9 Å². The number of aromatic amines is 1. The highest BCUT2D eigenvalue weighted by atomic mass is 31.3. The normalized spacial score (nSPS) is 25.1. The third kappa shape index (κ3) is 8.58. The number of benzene rings is 1. The zero-order chi connectivity index (χ0) is 28.3. The molecule has 0 amide bonds. The SMILES string of the molecule is O=c1[nH]c(=O)n(COCc2ccccc2)cc1[C@@H]1O[C@H](COP(=O)(O)OP(=O)(O)OP(=O)(O)O)[C@@H](O)[C@H]1O. The molecule has 2 unspecified atom stereocenters. The summed E-state index contributed by atoms with van der Waals surface area (Å²) in [6, 6.07) is 8.95. The van der Waals surface area contributed by atoms with Crippen LogP contribution in [0, 0.1) is 0 Å². The molecular formula is C17H23N2O16P3.